The average Bonchev–Trinajstić information content (AvgIpc) is 2.47. The van der Waals surface area contributed by atoms with Crippen LogP contribution in [0.25, 0.3) is 0 Å². The second-order valence-electron chi connectivity index (χ2n) is 4.89. The van der Waals surface area contributed by atoms with E-state index in [0.29, 0.717) is 6.42 Å². The Morgan fingerprint density at radius 3 is 2.55 bits per heavy atom. The highest BCUT2D eigenvalue weighted by molar-refractivity contribution is 5.92. The van der Waals surface area contributed by atoms with Crippen molar-refractivity contribution in [3.8, 4) is 0 Å². The smallest absolute Gasteiger partial charge is 0.226 e. The van der Waals surface area contributed by atoms with Gasteiger partial charge >= 0.3 is 0 Å². The van der Waals surface area contributed by atoms with Crippen LogP contribution in [0.1, 0.15) is 18.4 Å². The highest BCUT2D eigenvalue weighted by Gasteiger charge is 2.09. The molecule has 0 fully saturated rings. The Balaban J connectivity index is 1.83. The molecule has 104 valence electrons. The van der Waals surface area contributed by atoms with E-state index < -0.39 is 0 Å². The van der Waals surface area contributed by atoms with E-state index in [-0.39, 0.29) is 5.91 Å². The minimum Gasteiger partial charge on any atom is -0.399 e. The first-order chi connectivity index (χ1) is 9.66. The summed E-state index contributed by atoms with van der Waals surface area (Å²) in [7, 11) is 1.82. The van der Waals surface area contributed by atoms with Gasteiger partial charge in [0.2, 0.25) is 5.91 Å². The number of nitrogens with zero attached hydrogens (tertiary/aromatic N) is 1. The molecule has 3 nitrogen and oxygen atoms in total. The molecule has 2 aromatic rings. The van der Waals surface area contributed by atoms with E-state index >= 15 is 0 Å². The van der Waals surface area contributed by atoms with E-state index in [9.17, 15) is 4.79 Å². The summed E-state index contributed by atoms with van der Waals surface area (Å²) in [4.78, 5) is 13.8. The summed E-state index contributed by atoms with van der Waals surface area (Å²) in [6.07, 6.45) is 2.25. The summed E-state index contributed by atoms with van der Waals surface area (Å²) in [6.45, 7) is 0. The van der Waals surface area contributed by atoms with Crippen LogP contribution in [0.5, 0.6) is 0 Å². The SMILES string of the molecule is CN(C(=O)CCCc1cccc(N)c1)c1ccccc1. The number of anilines is 2. The molecule has 0 saturated heterocycles. The van der Waals surface area contributed by atoms with Crippen LogP contribution in [0.4, 0.5) is 11.4 Å². The molecule has 0 aliphatic heterocycles. The lowest BCUT2D eigenvalue weighted by molar-refractivity contribution is -0.118. The van der Waals surface area contributed by atoms with E-state index in [4.69, 9.17) is 5.73 Å². The molecule has 0 heterocycles. The van der Waals surface area contributed by atoms with Crippen molar-refractivity contribution in [2.45, 2.75) is 19.3 Å². The van der Waals surface area contributed by atoms with E-state index in [1.807, 2.05) is 61.6 Å². The normalized spacial score (nSPS) is 10.2. The molecule has 0 atom stereocenters. The molecule has 0 spiro atoms. The molecule has 1 amide bonds. The summed E-state index contributed by atoms with van der Waals surface area (Å²) in [5.41, 5.74) is 8.63. The number of nitrogens with two attached hydrogens (primary N) is 1. The van der Waals surface area contributed by atoms with Gasteiger partial charge in [-0.1, -0.05) is 30.3 Å². The lowest BCUT2D eigenvalue weighted by atomic mass is 10.1. The number of carbonyl (C=O) groups excluding carboxylic acids is 1. The molecule has 0 aliphatic carbocycles. The summed E-state index contributed by atoms with van der Waals surface area (Å²) in [5, 5.41) is 0. The van der Waals surface area contributed by atoms with Crippen LogP contribution in [0.3, 0.4) is 0 Å². The van der Waals surface area contributed by atoms with E-state index in [1.165, 1.54) is 5.56 Å². The maximum absolute atomic E-state index is 12.1. The topological polar surface area (TPSA) is 46.3 Å². The van der Waals surface area contributed by atoms with Crippen LogP contribution in [0, 0.1) is 0 Å². The van der Waals surface area contributed by atoms with Gasteiger partial charge in [-0.3, -0.25) is 4.79 Å². The number of benzene rings is 2. The molecule has 0 saturated carbocycles. The number of hydrogen-bond donors (Lipinski definition) is 1. The molecule has 2 aromatic carbocycles. The molecular formula is C17H20N2O. The fourth-order valence-corrected chi connectivity index (χ4v) is 2.16. The second kappa shape index (κ2) is 6.75. The molecule has 2 N–H and O–H groups in total. The van der Waals surface area contributed by atoms with Crippen LogP contribution < -0.4 is 10.6 Å². The average molecular weight is 268 g/mol. The summed E-state index contributed by atoms with van der Waals surface area (Å²) >= 11 is 0. The molecular weight excluding hydrogens is 248 g/mol. The van der Waals surface area contributed by atoms with Crippen molar-refractivity contribution < 1.29 is 4.79 Å². The van der Waals surface area contributed by atoms with Crippen LogP contribution in [-0.4, -0.2) is 13.0 Å². The zero-order chi connectivity index (χ0) is 14.4. The Bertz CT molecular complexity index is 566. The Morgan fingerprint density at radius 1 is 1.10 bits per heavy atom. The highest BCUT2D eigenvalue weighted by Crippen LogP contribution is 2.14. The Hall–Kier alpha value is -2.29. The molecule has 0 radical (unpaired) electrons. The first-order valence-electron chi connectivity index (χ1n) is 6.83. The van der Waals surface area contributed by atoms with Crippen molar-refractivity contribution in [1.29, 1.82) is 0 Å². The third-order valence-electron chi connectivity index (χ3n) is 3.32. The van der Waals surface area contributed by atoms with Gasteiger partial charge in [0.05, 0.1) is 0 Å². The highest BCUT2D eigenvalue weighted by atomic mass is 16.2. The zero-order valence-corrected chi connectivity index (χ0v) is 11.8. The summed E-state index contributed by atoms with van der Waals surface area (Å²) < 4.78 is 0. The zero-order valence-electron chi connectivity index (χ0n) is 11.8. The van der Waals surface area contributed by atoms with Crippen molar-refractivity contribution in [3.63, 3.8) is 0 Å². The van der Waals surface area contributed by atoms with Crippen molar-refractivity contribution in [2.24, 2.45) is 0 Å². The van der Waals surface area contributed by atoms with Crippen LogP contribution >= 0.6 is 0 Å². The maximum Gasteiger partial charge on any atom is 0.226 e. The largest absolute Gasteiger partial charge is 0.399 e. The summed E-state index contributed by atoms with van der Waals surface area (Å²) in [5.74, 6) is 0.139. The van der Waals surface area contributed by atoms with E-state index in [0.717, 1.165) is 24.2 Å². The predicted octanol–water partition coefficient (Wildman–Crippen LogP) is 3.25. The van der Waals surface area contributed by atoms with Gasteiger partial charge in [-0.25, -0.2) is 0 Å². The van der Waals surface area contributed by atoms with Crippen molar-refractivity contribution in [3.05, 3.63) is 60.2 Å². The standard InChI is InChI=1S/C17H20N2O/c1-19(16-10-3-2-4-11-16)17(20)12-6-8-14-7-5-9-15(18)13-14/h2-5,7,9-11,13H,6,8,12,18H2,1H3. The fraction of sp³-hybridized carbons (Fsp3) is 0.235. The van der Waals surface area contributed by atoms with Gasteiger partial charge in [-0.2, -0.15) is 0 Å². The maximum atomic E-state index is 12.1. The Morgan fingerprint density at radius 2 is 1.85 bits per heavy atom. The quantitative estimate of drug-likeness (QED) is 0.846. The number of aryl methyl sites for hydroxylation is 1. The molecule has 3 heteroatoms. The van der Waals surface area contributed by atoms with Gasteiger partial charge in [0.25, 0.3) is 0 Å². The van der Waals surface area contributed by atoms with Crippen LogP contribution in [0.2, 0.25) is 0 Å². The molecule has 2 rings (SSSR count). The molecule has 20 heavy (non-hydrogen) atoms. The van der Waals surface area contributed by atoms with Crippen LogP contribution in [-0.2, 0) is 11.2 Å². The number of amides is 1. The van der Waals surface area contributed by atoms with Crippen molar-refractivity contribution in [1.82, 2.24) is 0 Å². The van der Waals surface area contributed by atoms with E-state index in [1.54, 1.807) is 4.90 Å². The van der Waals surface area contributed by atoms with Gasteiger partial charge in [-0.05, 0) is 42.7 Å². The third kappa shape index (κ3) is 3.85. The Kier molecular flexibility index (Phi) is 4.77. The molecule has 0 aromatic heterocycles. The van der Waals surface area contributed by atoms with Gasteiger partial charge in [-0.15, -0.1) is 0 Å². The lowest BCUT2D eigenvalue weighted by Crippen LogP contribution is -2.25. The Labute approximate surface area is 120 Å². The van der Waals surface area contributed by atoms with Crippen molar-refractivity contribution in [2.75, 3.05) is 17.7 Å². The number of para-hydroxylation sites is 1. The molecule has 0 unspecified atom stereocenters. The number of nitrogen functional groups attached to an aromatic ring is 1. The first kappa shape index (κ1) is 14.1. The van der Waals surface area contributed by atoms with Gasteiger partial charge in [0, 0.05) is 24.8 Å². The minimum atomic E-state index is 0.139. The van der Waals surface area contributed by atoms with Gasteiger partial charge < -0.3 is 10.6 Å². The number of rotatable bonds is 5. The van der Waals surface area contributed by atoms with Gasteiger partial charge in [0.1, 0.15) is 0 Å². The third-order valence-corrected chi connectivity index (χ3v) is 3.32. The number of hydrogen-bond acceptors (Lipinski definition) is 2. The first-order valence-corrected chi connectivity index (χ1v) is 6.83. The van der Waals surface area contributed by atoms with Crippen molar-refractivity contribution >= 4 is 17.3 Å². The lowest BCUT2D eigenvalue weighted by Gasteiger charge is -2.17. The molecule has 0 bridgehead atoms. The molecule has 0 aliphatic rings. The summed E-state index contributed by atoms with van der Waals surface area (Å²) in [6, 6.07) is 17.5. The second-order valence-corrected chi connectivity index (χ2v) is 4.89. The predicted molar refractivity (Wildman–Crippen MR) is 83.6 cm³/mol. The minimum absolute atomic E-state index is 0.139. The fourth-order valence-electron chi connectivity index (χ4n) is 2.16. The van der Waals surface area contributed by atoms with E-state index in [2.05, 4.69) is 0 Å². The monoisotopic (exact) mass is 268 g/mol. The van der Waals surface area contributed by atoms with Gasteiger partial charge in [0.15, 0.2) is 0 Å². The number of carbonyl (C=O) groups is 1. The van der Waals surface area contributed by atoms with Crippen LogP contribution in [0.15, 0.2) is 54.6 Å².